The minimum absolute atomic E-state index is 0.0342. The van der Waals surface area contributed by atoms with Crippen molar-refractivity contribution in [2.75, 3.05) is 13.7 Å². The maximum atomic E-state index is 12.5. The van der Waals surface area contributed by atoms with E-state index < -0.39 is 12.1 Å². The number of carbonyl (C=O) groups excluding carboxylic acids is 2. The average Bonchev–Trinajstić information content (AvgIpc) is 2.45. The van der Waals surface area contributed by atoms with Crippen LogP contribution >= 0.6 is 0 Å². The Bertz CT molecular complexity index is 462. The van der Waals surface area contributed by atoms with E-state index in [9.17, 15) is 9.59 Å². The summed E-state index contributed by atoms with van der Waals surface area (Å²) >= 11 is 0. The zero-order valence-electron chi connectivity index (χ0n) is 13.0. The van der Waals surface area contributed by atoms with Crippen molar-refractivity contribution in [1.82, 2.24) is 15.2 Å². The molecule has 0 aliphatic rings. The van der Waals surface area contributed by atoms with Crippen molar-refractivity contribution in [1.29, 1.82) is 0 Å². The van der Waals surface area contributed by atoms with Crippen LogP contribution in [-0.4, -0.2) is 41.6 Å². The Kier molecular flexibility index (Phi) is 6.65. The molecule has 0 radical (unpaired) electrons. The number of likely N-dealkylation sites (N-methyl/N-ethyl adjacent to an activating group) is 1. The molecule has 0 spiro atoms. The molecule has 6 heteroatoms. The summed E-state index contributed by atoms with van der Waals surface area (Å²) in [6.45, 7) is 6.15. The summed E-state index contributed by atoms with van der Waals surface area (Å²) in [6, 6.07) is 4.94. The quantitative estimate of drug-likeness (QED) is 0.868. The third-order valence-corrected chi connectivity index (χ3v) is 2.98. The number of amides is 2. The summed E-state index contributed by atoms with van der Waals surface area (Å²) in [5.74, 6) is -0.197. The second-order valence-electron chi connectivity index (χ2n) is 5.10. The van der Waals surface area contributed by atoms with Crippen LogP contribution in [0, 0.1) is 5.92 Å². The molecular formula is C15H23N3O3. The van der Waals surface area contributed by atoms with Gasteiger partial charge in [0.25, 0.3) is 0 Å². The molecular weight excluding hydrogens is 270 g/mol. The number of hydrogen-bond acceptors (Lipinski definition) is 4. The van der Waals surface area contributed by atoms with Crippen LogP contribution < -0.4 is 5.32 Å². The Morgan fingerprint density at radius 1 is 1.38 bits per heavy atom. The molecule has 1 N–H and O–H groups in total. The minimum Gasteiger partial charge on any atom is -0.450 e. The molecule has 0 aromatic carbocycles. The molecule has 0 fully saturated rings. The Labute approximate surface area is 125 Å². The van der Waals surface area contributed by atoms with E-state index in [1.165, 1.54) is 0 Å². The van der Waals surface area contributed by atoms with Gasteiger partial charge in [0.1, 0.15) is 6.04 Å². The van der Waals surface area contributed by atoms with Gasteiger partial charge in [0.2, 0.25) is 5.91 Å². The Morgan fingerprint density at radius 2 is 2.10 bits per heavy atom. The maximum Gasteiger partial charge on any atom is 0.407 e. The lowest BCUT2D eigenvalue weighted by atomic mass is 10.0. The molecule has 2 amide bonds. The summed E-state index contributed by atoms with van der Waals surface area (Å²) in [5.41, 5.74) is 0.798. The Balaban J connectivity index is 2.69. The Hall–Kier alpha value is -2.11. The molecule has 0 saturated heterocycles. The van der Waals surface area contributed by atoms with Crippen LogP contribution in [0.5, 0.6) is 0 Å². The van der Waals surface area contributed by atoms with Gasteiger partial charge >= 0.3 is 6.09 Å². The lowest BCUT2D eigenvalue weighted by Crippen LogP contribution is -2.50. The van der Waals surface area contributed by atoms with Crippen molar-refractivity contribution >= 4 is 12.0 Å². The molecule has 0 aliphatic carbocycles. The number of nitrogens with one attached hydrogen (secondary N) is 1. The van der Waals surface area contributed by atoms with Gasteiger partial charge in [-0.15, -0.1) is 0 Å². The highest BCUT2D eigenvalue weighted by molar-refractivity contribution is 5.85. The van der Waals surface area contributed by atoms with Gasteiger partial charge in [-0.1, -0.05) is 19.9 Å². The Morgan fingerprint density at radius 3 is 2.62 bits per heavy atom. The molecule has 116 valence electrons. The fourth-order valence-corrected chi connectivity index (χ4v) is 1.86. The minimum atomic E-state index is -0.613. The van der Waals surface area contributed by atoms with Gasteiger partial charge in [-0.25, -0.2) is 4.79 Å². The highest BCUT2D eigenvalue weighted by Crippen LogP contribution is 2.08. The van der Waals surface area contributed by atoms with E-state index in [4.69, 9.17) is 4.74 Å². The molecule has 21 heavy (non-hydrogen) atoms. The first-order chi connectivity index (χ1) is 9.95. The van der Waals surface area contributed by atoms with Crippen molar-refractivity contribution in [2.45, 2.75) is 33.4 Å². The van der Waals surface area contributed by atoms with Gasteiger partial charge in [-0.2, -0.15) is 0 Å². The van der Waals surface area contributed by atoms with Crippen molar-refractivity contribution in [3.63, 3.8) is 0 Å². The summed E-state index contributed by atoms with van der Waals surface area (Å²) < 4.78 is 4.84. The number of carbonyl (C=O) groups is 2. The maximum absolute atomic E-state index is 12.5. The summed E-state index contributed by atoms with van der Waals surface area (Å²) in [7, 11) is 1.69. The fraction of sp³-hybridized carbons (Fsp3) is 0.533. The fourth-order valence-electron chi connectivity index (χ4n) is 1.86. The molecule has 0 saturated carbocycles. The number of rotatable bonds is 6. The van der Waals surface area contributed by atoms with Gasteiger partial charge in [0.05, 0.1) is 18.8 Å². The number of aromatic nitrogens is 1. The van der Waals surface area contributed by atoms with Gasteiger partial charge in [0.15, 0.2) is 0 Å². The first-order valence-corrected chi connectivity index (χ1v) is 7.03. The van der Waals surface area contributed by atoms with E-state index in [0.29, 0.717) is 6.54 Å². The molecule has 1 aromatic heterocycles. The number of ether oxygens (including phenoxy) is 1. The predicted octanol–water partition coefficient (Wildman–Crippen LogP) is 1.81. The highest BCUT2D eigenvalue weighted by atomic mass is 16.5. The van der Waals surface area contributed by atoms with E-state index in [2.05, 4.69) is 10.3 Å². The molecule has 1 heterocycles. The van der Waals surface area contributed by atoms with E-state index >= 15 is 0 Å². The SMILES string of the molecule is CCOC(=O)NC(C(=O)N(C)Cc1ccccn1)C(C)C. The van der Waals surface area contributed by atoms with Gasteiger partial charge < -0.3 is 15.0 Å². The van der Waals surface area contributed by atoms with E-state index in [0.717, 1.165) is 5.69 Å². The second kappa shape index (κ2) is 8.24. The van der Waals surface area contributed by atoms with Crippen molar-refractivity contribution in [3.05, 3.63) is 30.1 Å². The van der Waals surface area contributed by atoms with Crippen LogP contribution in [0.4, 0.5) is 4.79 Å². The van der Waals surface area contributed by atoms with E-state index in [1.807, 2.05) is 32.0 Å². The van der Waals surface area contributed by atoms with Crippen molar-refractivity contribution in [3.8, 4) is 0 Å². The second-order valence-corrected chi connectivity index (χ2v) is 5.10. The lowest BCUT2D eigenvalue weighted by Gasteiger charge is -2.26. The molecule has 1 aromatic rings. The summed E-state index contributed by atoms with van der Waals surface area (Å²) in [4.78, 5) is 29.7. The monoisotopic (exact) mass is 293 g/mol. The number of alkyl carbamates (subject to hydrolysis) is 1. The first kappa shape index (κ1) is 16.9. The molecule has 1 unspecified atom stereocenters. The molecule has 6 nitrogen and oxygen atoms in total. The van der Waals surface area contributed by atoms with Crippen LogP contribution in [0.2, 0.25) is 0 Å². The van der Waals surface area contributed by atoms with Crippen LogP contribution in [0.1, 0.15) is 26.5 Å². The average molecular weight is 293 g/mol. The third kappa shape index (κ3) is 5.41. The largest absolute Gasteiger partial charge is 0.450 e. The number of nitrogens with zero attached hydrogens (tertiary/aromatic N) is 2. The zero-order valence-corrected chi connectivity index (χ0v) is 13.0. The van der Waals surface area contributed by atoms with Crippen LogP contribution in [0.25, 0.3) is 0 Å². The number of pyridine rings is 1. The lowest BCUT2D eigenvalue weighted by molar-refractivity contribution is -0.133. The third-order valence-electron chi connectivity index (χ3n) is 2.98. The number of hydrogen-bond donors (Lipinski definition) is 1. The van der Waals surface area contributed by atoms with E-state index in [1.54, 1.807) is 25.1 Å². The van der Waals surface area contributed by atoms with Crippen LogP contribution in [0.15, 0.2) is 24.4 Å². The first-order valence-electron chi connectivity index (χ1n) is 7.03. The predicted molar refractivity (Wildman–Crippen MR) is 79.5 cm³/mol. The van der Waals surface area contributed by atoms with Crippen molar-refractivity contribution < 1.29 is 14.3 Å². The van der Waals surface area contributed by atoms with Crippen LogP contribution in [0.3, 0.4) is 0 Å². The topological polar surface area (TPSA) is 71.5 Å². The van der Waals surface area contributed by atoms with Gasteiger partial charge in [-0.3, -0.25) is 9.78 Å². The van der Waals surface area contributed by atoms with Gasteiger partial charge in [0, 0.05) is 13.2 Å². The molecule has 1 atom stereocenters. The molecule has 0 bridgehead atoms. The smallest absolute Gasteiger partial charge is 0.407 e. The summed E-state index contributed by atoms with van der Waals surface area (Å²) in [6.07, 6.45) is 1.11. The highest BCUT2D eigenvalue weighted by Gasteiger charge is 2.27. The van der Waals surface area contributed by atoms with Crippen molar-refractivity contribution in [2.24, 2.45) is 5.92 Å². The molecule has 1 rings (SSSR count). The van der Waals surface area contributed by atoms with E-state index in [-0.39, 0.29) is 18.4 Å². The normalized spacial score (nSPS) is 11.9. The standard InChI is InChI=1S/C15H23N3O3/c1-5-21-15(20)17-13(11(2)3)14(19)18(4)10-12-8-6-7-9-16-12/h6-9,11,13H,5,10H2,1-4H3,(H,17,20). The van der Waals surface area contributed by atoms with Crippen LogP contribution in [-0.2, 0) is 16.1 Å². The summed E-state index contributed by atoms with van der Waals surface area (Å²) in [5, 5.41) is 2.61. The molecule has 0 aliphatic heterocycles. The van der Waals surface area contributed by atoms with Gasteiger partial charge in [-0.05, 0) is 25.0 Å². The zero-order chi connectivity index (χ0) is 15.8.